The number of hydrogen-bond acceptors (Lipinski definition) is 8. The molecule has 0 aliphatic heterocycles. The van der Waals surface area contributed by atoms with E-state index in [9.17, 15) is 29.4 Å². The van der Waals surface area contributed by atoms with Crippen LogP contribution in [0.25, 0.3) is 0 Å². The number of rotatable bonds is 15. The zero-order valence-corrected chi connectivity index (χ0v) is 21.9. The molecule has 1 aromatic carbocycles. The minimum atomic E-state index is -1.17. The molecule has 35 heavy (non-hydrogen) atoms. The summed E-state index contributed by atoms with van der Waals surface area (Å²) in [5.41, 5.74) is 6.60. The van der Waals surface area contributed by atoms with E-state index >= 15 is 0 Å². The number of carbonyl (C=O) groups excluding carboxylic acids is 3. The van der Waals surface area contributed by atoms with Gasteiger partial charge in [-0.2, -0.15) is 24.4 Å². The summed E-state index contributed by atoms with van der Waals surface area (Å²) < 4.78 is 0. The highest BCUT2D eigenvalue weighted by Gasteiger charge is 2.30. The molecular weight excluding hydrogens is 492 g/mol. The summed E-state index contributed by atoms with van der Waals surface area (Å²) in [6.07, 6.45) is 2.62. The first-order chi connectivity index (χ1) is 16.5. The summed E-state index contributed by atoms with van der Waals surface area (Å²) in [6, 6.07) is 2.04. The molecule has 12 heteroatoms. The van der Waals surface area contributed by atoms with Crippen LogP contribution in [-0.4, -0.2) is 75.8 Å². The molecule has 0 radical (unpaired) electrons. The zero-order valence-electron chi connectivity index (χ0n) is 20.2. The molecule has 1 rings (SSSR count). The lowest BCUT2D eigenvalue weighted by Gasteiger charge is -2.25. The third-order valence-corrected chi connectivity index (χ3v) is 6.13. The van der Waals surface area contributed by atoms with E-state index in [1.807, 2.05) is 20.1 Å². The third-order valence-electron chi connectivity index (χ3n) is 5.12. The van der Waals surface area contributed by atoms with Crippen LogP contribution in [0.5, 0.6) is 5.75 Å². The Balaban J connectivity index is 2.99. The number of phenolic OH excluding ortho intramolecular Hbond substituents is 1. The summed E-state index contributed by atoms with van der Waals surface area (Å²) in [5, 5.41) is 26.5. The van der Waals surface area contributed by atoms with Crippen molar-refractivity contribution < 1.29 is 29.4 Å². The summed E-state index contributed by atoms with van der Waals surface area (Å²) in [7, 11) is 0. The van der Waals surface area contributed by atoms with Gasteiger partial charge in [0.15, 0.2) is 0 Å². The number of amides is 3. The highest BCUT2D eigenvalue weighted by molar-refractivity contribution is 7.98. The SMILES string of the molecule is CSCCC(N)C(=O)NC(Cc1ccc(O)cc1)C(=O)NC(CS)C(=O)NC(CC(C)C)C(=O)O. The first kappa shape index (κ1) is 30.6. The Hall–Kier alpha value is -2.44. The van der Waals surface area contributed by atoms with Gasteiger partial charge < -0.3 is 31.9 Å². The van der Waals surface area contributed by atoms with Gasteiger partial charge in [-0.1, -0.05) is 26.0 Å². The molecule has 3 amide bonds. The Morgan fingerprint density at radius 2 is 1.51 bits per heavy atom. The lowest BCUT2D eigenvalue weighted by Crippen LogP contribution is -2.58. The van der Waals surface area contributed by atoms with Crippen LogP contribution in [0.15, 0.2) is 24.3 Å². The summed E-state index contributed by atoms with van der Waals surface area (Å²) in [5.74, 6) is -2.34. The van der Waals surface area contributed by atoms with Crippen molar-refractivity contribution in [2.45, 2.75) is 57.3 Å². The Morgan fingerprint density at radius 3 is 2.03 bits per heavy atom. The van der Waals surface area contributed by atoms with Gasteiger partial charge in [-0.3, -0.25) is 14.4 Å². The van der Waals surface area contributed by atoms with Crippen molar-refractivity contribution in [1.82, 2.24) is 16.0 Å². The van der Waals surface area contributed by atoms with Crippen LogP contribution < -0.4 is 21.7 Å². The normalized spacial score (nSPS) is 14.5. The fourth-order valence-electron chi connectivity index (χ4n) is 3.16. The van der Waals surface area contributed by atoms with E-state index in [1.54, 1.807) is 23.9 Å². The Kier molecular flexibility index (Phi) is 13.6. The van der Waals surface area contributed by atoms with Crippen LogP contribution in [0.3, 0.4) is 0 Å². The maximum Gasteiger partial charge on any atom is 0.326 e. The number of phenols is 1. The quantitative estimate of drug-likeness (QED) is 0.162. The number of aromatic hydroxyl groups is 1. The number of carbonyl (C=O) groups is 4. The number of nitrogens with one attached hydrogen (secondary N) is 3. The van der Waals surface area contributed by atoms with Gasteiger partial charge in [0.05, 0.1) is 6.04 Å². The molecule has 10 nitrogen and oxygen atoms in total. The van der Waals surface area contributed by atoms with Gasteiger partial charge in [0.1, 0.15) is 23.9 Å². The number of hydrogen-bond donors (Lipinski definition) is 7. The van der Waals surface area contributed by atoms with Gasteiger partial charge in [-0.15, -0.1) is 0 Å². The minimum absolute atomic E-state index is 0.0284. The minimum Gasteiger partial charge on any atom is -0.508 e. The fraction of sp³-hybridized carbons (Fsp3) is 0.565. The van der Waals surface area contributed by atoms with Crippen LogP contribution in [0, 0.1) is 5.92 Å². The van der Waals surface area contributed by atoms with E-state index in [2.05, 4.69) is 28.6 Å². The second kappa shape index (κ2) is 15.5. The van der Waals surface area contributed by atoms with Crippen molar-refractivity contribution in [3.8, 4) is 5.75 Å². The molecule has 196 valence electrons. The van der Waals surface area contributed by atoms with E-state index in [1.165, 1.54) is 12.1 Å². The standard InChI is InChI=1S/C23H36N4O6S2/c1-13(2)10-18(23(32)33)26-22(31)19(12-34)27-21(30)17(11-14-4-6-15(28)7-5-14)25-20(29)16(24)8-9-35-3/h4-7,13,16-19,28,34H,8-12,24H2,1-3H3,(H,25,29)(H,26,31)(H,27,30)(H,32,33). The Bertz CT molecular complexity index is 853. The van der Waals surface area contributed by atoms with Gasteiger partial charge in [0.2, 0.25) is 17.7 Å². The number of thioether (sulfide) groups is 1. The number of nitrogens with two attached hydrogens (primary N) is 1. The second-order valence-electron chi connectivity index (χ2n) is 8.59. The summed E-state index contributed by atoms with van der Waals surface area (Å²) >= 11 is 5.68. The number of benzene rings is 1. The van der Waals surface area contributed by atoms with Crippen molar-refractivity contribution >= 4 is 48.1 Å². The van der Waals surface area contributed by atoms with Crippen LogP contribution in [-0.2, 0) is 25.6 Å². The summed E-state index contributed by atoms with van der Waals surface area (Å²) in [6.45, 7) is 3.67. The van der Waals surface area contributed by atoms with Gasteiger partial charge in [-0.05, 0) is 48.5 Å². The van der Waals surface area contributed by atoms with Crippen LogP contribution in [0.1, 0.15) is 32.3 Å². The molecule has 0 saturated heterocycles. The highest BCUT2D eigenvalue weighted by atomic mass is 32.2. The first-order valence-electron chi connectivity index (χ1n) is 11.3. The van der Waals surface area contributed by atoms with Crippen molar-refractivity contribution in [1.29, 1.82) is 0 Å². The van der Waals surface area contributed by atoms with Gasteiger partial charge >= 0.3 is 5.97 Å². The topological polar surface area (TPSA) is 171 Å². The number of aliphatic carboxylic acids is 1. The molecule has 0 fully saturated rings. The largest absolute Gasteiger partial charge is 0.508 e. The van der Waals surface area contributed by atoms with Crippen LogP contribution in [0.2, 0.25) is 0 Å². The van der Waals surface area contributed by atoms with Gasteiger partial charge in [-0.25, -0.2) is 4.79 Å². The Morgan fingerprint density at radius 1 is 0.971 bits per heavy atom. The molecule has 7 N–H and O–H groups in total. The molecule has 1 aromatic rings. The molecule has 0 heterocycles. The van der Waals surface area contributed by atoms with Crippen molar-refractivity contribution in [2.75, 3.05) is 17.8 Å². The molecule has 0 bridgehead atoms. The third kappa shape index (κ3) is 11.2. The lowest BCUT2D eigenvalue weighted by atomic mass is 10.0. The van der Waals surface area contributed by atoms with Gasteiger partial charge in [0.25, 0.3) is 0 Å². The molecular formula is C23H36N4O6S2. The monoisotopic (exact) mass is 528 g/mol. The number of carboxylic acid groups (broad SMARTS) is 1. The predicted octanol–water partition coefficient (Wildman–Crippen LogP) is 0.530. The molecule has 0 aromatic heterocycles. The highest BCUT2D eigenvalue weighted by Crippen LogP contribution is 2.12. The maximum atomic E-state index is 13.1. The van der Waals surface area contributed by atoms with Crippen LogP contribution in [0.4, 0.5) is 0 Å². The second-order valence-corrected chi connectivity index (χ2v) is 9.94. The van der Waals surface area contributed by atoms with Crippen molar-refractivity contribution in [3.63, 3.8) is 0 Å². The first-order valence-corrected chi connectivity index (χ1v) is 13.3. The summed E-state index contributed by atoms with van der Waals surface area (Å²) in [4.78, 5) is 49.9. The van der Waals surface area contributed by atoms with E-state index < -0.39 is 47.9 Å². The fourth-order valence-corrected chi connectivity index (χ4v) is 3.91. The number of carboxylic acids is 1. The van der Waals surface area contributed by atoms with Gasteiger partial charge in [0, 0.05) is 12.2 Å². The van der Waals surface area contributed by atoms with E-state index in [0.29, 0.717) is 17.7 Å². The van der Waals surface area contributed by atoms with E-state index in [4.69, 9.17) is 5.73 Å². The smallest absolute Gasteiger partial charge is 0.326 e. The molecule has 0 saturated carbocycles. The van der Waals surface area contributed by atoms with E-state index in [0.717, 1.165) is 0 Å². The molecule has 0 spiro atoms. The van der Waals surface area contributed by atoms with Crippen molar-refractivity contribution in [3.05, 3.63) is 29.8 Å². The Labute approximate surface area is 215 Å². The molecule has 4 atom stereocenters. The molecule has 0 aliphatic rings. The van der Waals surface area contributed by atoms with Crippen LogP contribution >= 0.6 is 24.4 Å². The predicted molar refractivity (Wildman–Crippen MR) is 140 cm³/mol. The molecule has 4 unspecified atom stereocenters. The van der Waals surface area contributed by atoms with Crippen molar-refractivity contribution in [2.24, 2.45) is 11.7 Å². The lowest BCUT2D eigenvalue weighted by molar-refractivity contribution is -0.142. The van der Waals surface area contributed by atoms with E-state index in [-0.39, 0.29) is 30.3 Å². The molecule has 0 aliphatic carbocycles. The number of thiol groups is 1. The average Bonchev–Trinajstić information content (AvgIpc) is 2.80. The average molecular weight is 529 g/mol. The maximum absolute atomic E-state index is 13.1. The zero-order chi connectivity index (χ0) is 26.5.